The summed E-state index contributed by atoms with van der Waals surface area (Å²) in [5, 5.41) is 8.88. The van der Waals surface area contributed by atoms with Gasteiger partial charge in [-0.05, 0) is 42.2 Å². The van der Waals surface area contributed by atoms with Crippen LogP contribution < -0.4 is 4.72 Å². The predicted molar refractivity (Wildman–Crippen MR) is 79.0 cm³/mol. The van der Waals surface area contributed by atoms with Crippen molar-refractivity contribution in [2.75, 3.05) is 0 Å². The maximum Gasteiger partial charge on any atom is 0.241 e. The summed E-state index contributed by atoms with van der Waals surface area (Å²) in [5.74, 6) is 0. The Labute approximate surface area is 124 Å². The van der Waals surface area contributed by atoms with Gasteiger partial charge in [0.25, 0.3) is 0 Å². The topological polar surface area (TPSA) is 70.0 Å². The molecule has 0 amide bonds. The highest BCUT2D eigenvalue weighted by Gasteiger charge is 2.27. The molecule has 1 aliphatic rings. The average Bonchev–Trinajstić information content (AvgIpc) is 2.90. The van der Waals surface area contributed by atoms with E-state index in [1.807, 2.05) is 30.3 Å². The molecular formula is C16H14N2O2S. The third kappa shape index (κ3) is 2.68. The van der Waals surface area contributed by atoms with E-state index in [0.717, 1.165) is 18.4 Å². The van der Waals surface area contributed by atoms with E-state index in [1.165, 1.54) is 17.7 Å². The number of hydrogen-bond donors (Lipinski definition) is 1. The molecule has 0 aliphatic heterocycles. The molecule has 1 aliphatic carbocycles. The van der Waals surface area contributed by atoms with Gasteiger partial charge in [-0.1, -0.05) is 30.3 Å². The third-order valence-electron chi connectivity index (χ3n) is 3.70. The first-order valence-corrected chi connectivity index (χ1v) is 8.19. The molecular weight excluding hydrogens is 284 g/mol. The minimum atomic E-state index is -3.62. The van der Waals surface area contributed by atoms with Crippen molar-refractivity contribution in [3.05, 3.63) is 65.2 Å². The minimum Gasteiger partial charge on any atom is -0.207 e. The second-order valence-electron chi connectivity index (χ2n) is 5.05. The van der Waals surface area contributed by atoms with E-state index in [0.29, 0.717) is 5.56 Å². The van der Waals surface area contributed by atoms with Crippen LogP contribution in [0.2, 0.25) is 0 Å². The van der Waals surface area contributed by atoms with E-state index in [4.69, 9.17) is 5.26 Å². The van der Waals surface area contributed by atoms with Gasteiger partial charge in [-0.2, -0.15) is 5.26 Å². The zero-order chi connectivity index (χ0) is 14.9. The molecule has 0 radical (unpaired) electrons. The molecule has 5 heteroatoms. The first-order valence-electron chi connectivity index (χ1n) is 6.70. The molecule has 1 N–H and O–H groups in total. The van der Waals surface area contributed by atoms with E-state index in [-0.39, 0.29) is 10.9 Å². The summed E-state index contributed by atoms with van der Waals surface area (Å²) in [6.07, 6.45) is 1.64. The van der Waals surface area contributed by atoms with E-state index in [1.54, 1.807) is 12.1 Å². The number of benzene rings is 2. The highest BCUT2D eigenvalue weighted by atomic mass is 32.2. The van der Waals surface area contributed by atoms with Crippen LogP contribution in [0.1, 0.15) is 29.2 Å². The summed E-state index contributed by atoms with van der Waals surface area (Å²) < 4.78 is 27.6. The van der Waals surface area contributed by atoms with Gasteiger partial charge in [0, 0.05) is 6.04 Å². The smallest absolute Gasteiger partial charge is 0.207 e. The Morgan fingerprint density at radius 2 is 1.95 bits per heavy atom. The van der Waals surface area contributed by atoms with Crippen molar-refractivity contribution in [2.24, 2.45) is 0 Å². The third-order valence-corrected chi connectivity index (χ3v) is 5.17. The Morgan fingerprint density at radius 1 is 1.14 bits per heavy atom. The fourth-order valence-electron chi connectivity index (χ4n) is 2.67. The number of nitrogens with one attached hydrogen (secondary N) is 1. The summed E-state index contributed by atoms with van der Waals surface area (Å²) in [4.78, 5) is 0.130. The molecule has 0 unspecified atom stereocenters. The SMILES string of the molecule is N#Cc1cccc(S(=O)(=O)N[C@H]2CCc3ccccc32)c1. The number of hydrogen-bond acceptors (Lipinski definition) is 3. The lowest BCUT2D eigenvalue weighted by atomic mass is 10.1. The zero-order valence-electron chi connectivity index (χ0n) is 11.3. The number of nitrogens with zero attached hydrogens (tertiary/aromatic N) is 1. The van der Waals surface area contributed by atoms with Gasteiger partial charge in [0.2, 0.25) is 10.0 Å². The van der Waals surface area contributed by atoms with Crippen LogP contribution in [0.15, 0.2) is 53.4 Å². The number of nitriles is 1. The predicted octanol–water partition coefficient (Wildman–Crippen LogP) is 2.52. The quantitative estimate of drug-likeness (QED) is 0.946. The zero-order valence-corrected chi connectivity index (χ0v) is 12.1. The lowest BCUT2D eigenvalue weighted by Gasteiger charge is -2.14. The Bertz CT molecular complexity index is 822. The molecule has 1 atom stereocenters. The lowest BCUT2D eigenvalue weighted by molar-refractivity contribution is 0.554. The summed E-state index contributed by atoms with van der Waals surface area (Å²) in [6.45, 7) is 0. The largest absolute Gasteiger partial charge is 0.241 e. The van der Waals surface area contributed by atoms with Gasteiger partial charge in [0.05, 0.1) is 16.5 Å². The van der Waals surface area contributed by atoms with Crippen molar-refractivity contribution in [3.63, 3.8) is 0 Å². The van der Waals surface area contributed by atoms with Crippen LogP contribution in [0.4, 0.5) is 0 Å². The second-order valence-corrected chi connectivity index (χ2v) is 6.76. The van der Waals surface area contributed by atoms with Crippen LogP contribution in [0.25, 0.3) is 0 Å². The van der Waals surface area contributed by atoms with Crippen LogP contribution in [-0.4, -0.2) is 8.42 Å². The molecule has 0 saturated carbocycles. The summed E-state index contributed by atoms with van der Waals surface area (Å²) in [5.41, 5.74) is 2.57. The maximum absolute atomic E-state index is 12.4. The fourth-order valence-corrected chi connectivity index (χ4v) is 3.96. The molecule has 0 spiro atoms. The molecule has 2 aromatic rings. The van der Waals surface area contributed by atoms with Gasteiger partial charge < -0.3 is 0 Å². The van der Waals surface area contributed by atoms with Crippen molar-refractivity contribution in [1.29, 1.82) is 5.26 Å². The summed E-state index contributed by atoms with van der Waals surface area (Å²) in [7, 11) is -3.62. The molecule has 0 bridgehead atoms. The van der Waals surface area contributed by atoms with Crippen molar-refractivity contribution in [3.8, 4) is 6.07 Å². The van der Waals surface area contributed by atoms with E-state index < -0.39 is 10.0 Å². The molecule has 0 aromatic heterocycles. The number of fused-ring (bicyclic) bond motifs is 1. The Balaban J connectivity index is 1.89. The Kier molecular flexibility index (Phi) is 3.50. The van der Waals surface area contributed by atoms with Crippen molar-refractivity contribution in [2.45, 2.75) is 23.8 Å². The molecule has 2 aromatic carbocycles. The molecule has 4 nitrogen and oxygen atoms in total. The van der Waals surface area contributed by atoms with Gasteiger partial charge >= 0.3 is 0 Å². The van der Waals surface area contributed by atoms with Crippen LogP contribution in [0.3, 0.4) is 0 Å². The maximum atomic E-state index is 12.4. The Morgan fingerprint density at radius 3 is 2.76 bits per heavy atom. The van der Waals surface area contributed by atoms with Gasteiger partial charge in [-0.25, -0.2) is 13.1 Å². The van der Waals surface area contributed by atoms with Crippen LogP contribution in [0.5, 0.6) is 0 Å². The summed E-state index contributed by atoms with van der Waals surface area (Å²) in [6, 6.07) is 15.7. The molecule has 106 valence electrons. The number of aryl methyl sites for hydroxylation is 1. The number of sulfonamides is 1. The van der Waals surface area contributed by atoms with Crippen LogP contribution in [-0.2, 0) is 16.4 Å². The highest BCUT2D eigenvalue weighted by Crippen LogP contribution is 2.32. The average molecular weight is 298 g/mol. The van der Waals surface area contributed by atoms with Gasteiger partial charge in [0.15, 0.2) is 0 Å². The molecule has 21 heavy (non-hydrogen) atoms. The normalized spacial score (nSPS) is 17.2. The molecule has 0 heterocycles. The van der Waals surface area contributed by atoms with Gasteiger partial charge in [-0.15, -0.1) is 0 Å². The van der Waals surface area contributed by atoms with Crippen molar-refractivity contribution < 1.29 is 8.42 Å². The van der Waals surface area contributed by atoms with Gasteiger partial charge in [-0.3, -0.25) is 0 Å². The molecule has 3 rings (SSSR count). The van der Waals surface area contributed by atoms with Crippen molar-refractivity contribution >= 4 is 10.0 Å². The highest BCUT2D eigenvalue weighted by molar-refractivity contribution is 7.89. The fraction of sp³-hybridized carbons (Fsp3) is 0.188. The van der Waals surface area contributed by atoms with Crippen molar-refractivity contribution in [1.82, 2.24) is 4.72 Å². The van der Waals surface area contributed by atoms with Crippen LogP contribution in [0, 0.1) is 11.3 Å². The lowest BCUT2D eigenvalue weighted by Crippen LogP contribution is -2.27. The van der Waals surface area contributed by atoms with Gasteiger partial charge in [0.1, 0.15) is 0 Å². The van der Waals surface area contributed by atoms with E-state index >= 15 is 0 Å². The first-order chi connectivity index (χ1) is 10.1. The van der Waals surface area contributed by atoms with E-state index in [9.17, 15) is 8.42 Å². The second kappa shape index (κ2) is 5.32. The molecule has 0 saturated heterocycles. The first kappa shape index (κ1) is 13.8. The number of rotatable bonds is 3. The van der Waals surface area contributed by atoms with Crippen LogP contribution >= 0.6 is 0 Å². The monoisotopic (exact) mass is 298 g/mol. The minimum absolute atomic E-state index is 0.130. The van der Waals surface area contributed by atoms with E-state index in [2.05, 4.69) is 4.72 Å². The summed E-state index contributed by atoms with van der Waals surface area (Å²) >= 11 is 0. The molecule has 0 fully saturated rings. The Hall–Kier alpha value is -2.16. The standard InChI is InChI=1S/C16H14N2O2S/c17-11-12-4-3-6-14(10-12)21(19,20)18-16-9-8-13-5-1-2-7-15(13)16/h1-7,10,16,18H,8-9H2/t16-/m0/s1.